The molecule has 22 heavy (non-hydrogen) atoms. The third kappa shape index (κ3) is 9.32. The molecule has 0 bridgehead atoms. The van der Waals surface area contributed by atoms with E-state index >= 15 is 0 Å². The summed E-state index contributed by atoms with van der Waals surface area (Å²) in [4.78, 5) is 15.7. The van der Waals surface area contributed by atoms with Crippen molar-refractivity contribution in [3.8, 4) is 0 Å². The van der Waals surface area contributed by atoms with Crippen molar-refractivity contribution < 1.29 is 9.53 Å². The summed E-state index contributed by atoms with van der Waals surface area (Å²) < 4.78 is 4.95. The van der Waals surface area contributed by atoms with Gasteiger partial charge in [0, 0.05) is 20.1 Å². The van der Waals surface area contributed by atoms with E-state index in [0.717, 1.165) is 18.9 Å². The minimum Gasteiger partial charge on any atom is -0.450 e. The van der Waals surface area contributed by atoms with Crippen molar-refractivity contribution in [3.05, 3.63) is 0 Å². The molecule has 1 atom stereocenters. The van der Waals surface area contributed by atoms with Gasteiger partial charge in [0.2, 0.25) is 0 Å². The molecule has 1 saturated carbocycles. The number of nitrogens with zero attached hydrogens (tertiary/aromatic N) is 1. The molecule has 0 aliphatic heterocycles. The van der Waals surface area contributed by atoms with Crippen LogP contribution in [0, 0.1) is 5.92 Å². The lowest BCUT2D eigenvalue weighted by atomic mass is 10.2. The fourth-order valence-electron chi connectivity index (χ4n) is 2.17. The van der Waals surface area contributed by atoms with Crippen LogP contribution in [0.1, 0.15) is 46.0 Å². The van der Waals surface area contributed by atoms with Gasteiger partial charge in [-0.2, -0.15) is 0 Å². The maximum absolute atomic E-state index is 11.5. The molecule has 0 radical (unpaired) electrons. The van der Waals surface area contributed by atoms with E-state index in [1.807, 2.05) is 6.92 Å². The highest BCUT2D eigenvalue weighted by Gasteiger charge is 2.32. The second-order valence-electron chi connectivity index (χ2n) is 5.40. The van der Waals surface area contributed by atoms with Crippen molar-refractivity contribution in [3.63, 3.8) is 0 Å². The van der Waals surface area contributed by atoms with Gasteiger partial charge in [0.05, 0.1) is 12.6 Å². The van der Waals surface area contributed by atoms with E-state index in [2.05, 4.69) is 27.9 Å². The van der Waals surface area contributed by atoms with E-state index in [1.54, 1.807) is 7.05 Å². The lowest BCUT2D eigenvalue weighted by Crippen LogP contribution is -2.48. The number of unbranched alkanes of at least 4 members (excludes halogenated alkanes) is 2. The fraction of sp³-hybridized carbons (Fsp3) is 0.867. The summed E-state index contributed by atoms with van der Waals surface area (Å²) in [6.45, 7) is 6.00. The maximum Gasteiger partial charge on any atom is 0.407 e. The molecule has 1 aliphatic rings. The first-order chi connectivity index (χ1) is 10.2. The van der Waals surface area contributed by atoms with Gasteiger partial charge < -0.3 is 20.7 Å². The largest absolute Gasteiger partial charge is 0.450 e. The maximum atomic E-state index is 11.5. The first-order valence-electron chi connectivity index (χ1n) is 8.09. The highest BCUT2D eigenvalue weighted by Crippen LogP contribution is 2.32. The molecule has 1 fully saturated rings. The smallest absolute Gasteiger partial charge is 0.407 e. The minimum absolute atomic E-state index is 0. The van der Waals surface area contributed by atoms with Crippen LogP contribution in [0.3, 0.4) is 0 Å². The first-order valence-corrected chi connectivity index (χ1v) is 8.09. The van der Waals surface area contributed by atoms with Crippen molar-refractivity contribution in [2.75, 3.05) is 26.7 Å². The van der Waals surface area contributed by atoms with Gasteiger partial charge in [0.25, 0.3) is 0 Å². The lowest BCUT2D eigenvalue weighted by Gasteiger charge is -2.20. The van der Waals surface area contributed by atoms with Crippen molar-refractivity contribution >= 4 is 36.0 Å². The summed E-state index contributed by atoms with van der Waals surface area (Å²) in [6, 6.07) is 0.109. The van der Waals surface area contributed by atoms with E-state index < -0.39 is 0 Å². The number of hydrogen-bond donors (Lipinski definition) is 3. The second-order valence-corrected chi connectivity index (χ2v) is 5.40. The Balaban J connectivity index is 0.00000441. The van der Waals surface area contributed by atoms with Crippen LogP contribution >= 0.6 is 24.0 Å². The van der Waals surface area contributed by atoms with Crippen molar-refractivity contribution in [1.29, 1.82) is 0 Å². The number of aliphatic imine (C=N–C) groups is 1. The highest BCUT2D eigenvalue weighted by molar-refractivity contribution is 14.0. The molecule has 7 heteroatoms. The van der Waals surface area contributed by atoms with Crippen molar-refractivity contribution in [2.45, 2.75) is 52.0 Å². The van der Waals surface area contributed by atoms with Crippen LogP contribution in [-0.4, -0.2) is 44.8 Å². The van der Waals surface area contributed by atoms with Gasteiger partial charge in [-0.15, -0.1) is 24.0 Å². The van der Waals surface area contributed by atoms with Gasteiger partial charge in [0.15, 0.2) is 5.96 Å². The van der Waals surface area contributed by atoms with E-state index in [4.69, 9.17) is 4.74 Å². The number of nitrogens with one attached hydrogen (secondary N) is 3. The average Bonchev–Trinajstić information content (AvgIpc) is 3.30. The van der Waals surface area contributed by atoms with Crippen LogP contribution in [0.2, 0.25) is 0 Å². The zero-order chi connectivity index (χ0) is 15.5. The van der Waals surface area contributed by atoms with Crippen molar-refractivity contribution in [2.24, 2.45) is 10.9 Å². The Kier molecular flexibility index (Phi) is 12.4. The van der Waals surface area contributed by atoms with Crippen LogP contribution in [0.25, 0.3) is 0 Å². The number of hydrogen-bond acceptors (Lipinski definition) is 3. The number of alkyl carbamates (subject to hydrolysis) is 1. The van der Waals surface area contributed by atoms with Crippen LogP contribution in [0.4, 0.5) is 4.79 Å². The summed E-state index contributed by atoms with van der Waals surface area (Å²) in [5.74, 6) is 1.35. The standard InChI is InChI=1S/C15H30N4O2.HI/c1-4-6-7-10-17-14(16-3)18-11-13(12-8-9-12)19-15(20)21-5-2;/h12-13H,4-11H2,1-3H3,(H,19,20)(H2,16,17,18);1H. The molecule has 1 amide bonds. The summed E-state index contributed by atoms with van der Waals surface area (Å²) in [5.41, 5.74) is 0. The van der Waals surface area contributed by atoms with Gasteiger partial charge in [-0.05, 0) is 32.1 Å². The summed E-state index contributed by atoms with van der Waals surface area (Å²) in [6.07, 6.45) is 5.58. The number of halogens is 1. The molecule has 6 nitrogen and oxygen atoms in total. The summed E-state index contributed by atoms with van der Waals surface area (Å²) in [7, 11) is 1.76. The minimum atomic E-state index is -0.331. The Hall–Kier alpha value is -0.730. The molecular weight excluding hydrogens is 395 g/mol. The van der Waals surface area contributed by atoms with Gasteiger partial charge >= 0.3 is 6.09 Å². The summed E-state index contributed by atoms with van der Waals surface area (Å²) in [5, 5.41) is 9.51. The molecule has 0 aromatic rings. The average molecular weight is 426 g/mol. The predicted octanol–water partition coefficient (Wildman–Crippen LogP) is 2.48. The molecule has 1 unspecified atom stereocenters. The SMILES string of the molecule is CCCCCNC(=NC)NCC(NC(=O)OCC)C1CC1.I. The van der Waals surface area contributed by atoms with Crippen LogP contribution < -0.4 is 16.0 Å². The van der Waals surface area contributed by atoms with Gasteiger partial charge in [-0.3, -0.25) is 4.99 Å². The zero-order valence-electron chi connectivity index (χ0n) is 14.0. The molecule has 130 valence electrons. The lowest BCUT2D eigenvalue weighted by molar-refractivity contribution is 0.146. The first kappa shape index (κ1) is 21.3. The molecule has 3 N–H and O–H groups in total. The highest BCUT2D eigenvalue weighted by atomic mass is 127. The predicted molar refractivity (Wildman–Crippen MR) is 101 cm³/mol. The number of ether oxygens (including phenoxy) is 1. The Morgan fingerprint density at radius 1 is 1.27 bits per heavy atom. The van der Waals surface area contributed by atoms with Gasteiger partial charge in [-0.1, -0.05) is 19.8 Å². The van der Waals surface area contributed by atoms with E-state index in [9.17, 15) is 4.79 Å². The third-order valence-corrected chi connectivity index (χ3v) is 3.56. The van der Waals surface area contributed by atoms with Gasteiger partial charge in [0.1, 0.15) is 0 Å². The molecule has 0 spiro atoms. The van der Waals surface area contributed by atoms with E-state index in [1.165, 1.54) is 25.7 Å². The molecule has 0 aromatic carbocycles. The zero-order valence-corrected chi connectivity index (χ0v) is 16.3. The van der Waals surface area contributed by atoms with Crippen molar-refractivity contribution in [1.82, 2.24) is 16.0 Å². The monoisotopic (exact) mass is 426 g/mol. The molecule has 0 saturated heterocycles. The number of carbonyl (C=O) groups excluding carboxylic acids is 1. The molecule has 0 aromatic heterocycles. The topological polar surface area (TPSA) is 74.8 Å². The fourth-order valence-corrected chi connectivity index (χ4v) is 2.17. The molecular formula is C15H31IN4O2. The van der Waals surface area contributed by atoms with E-state index in [-0.39, 0.29) is 36.1 Å². The Bertz CT molecular complexity index is 336. The van der Waals surface area contributed by atoms with Gasteiger partial charge in [-0.25, -0.2) is 4.79 Å². The van der Waals surface area contributed by atoms with Crippen LogP contribution in [0.5, 0.6) is 0 Å². The number of carbonyl (C=O) groups is 1. The summed E-state index contributed by atoms with van der Waals surface area (Å²) >= 11 is 0. The Morgan fingerprint density at radius 3 is 2.55 bits per heavy atom. The Morgan fingerprint density at radius 2 is 2.00 bits per heavy atom. The molecule has 1 aliphatic carbocycles. The molecule has 1 rings (SSSR count). The number of guanidine groups is 1. The van der Waals surface area contributed by atoms with Crippen LogP contribution in [-0.2, 0) is 4.74 Å². The number of rotatable bonds is 9. The van der Waals surface area contributed by atoms with Crippen LogP contribution in [0.15, 0.2) is 4.99 Å². The number of amides is 1. The second kappa shape index (κ2) is 12.8. The quantitative estimate of drug-likeness (QED) is 0.229. The Labute approximate surface area is 151 Å². The van der Waals surface area contributed by atoms with E-state index in [0.29, 0.717) is 19.1 Å². The molecule has 0 heterocycles. The third-order valence-electron chi connectivity index (χ3n) is 3.56. The normalized spacial score (nSPS) is 15.5.